The molecule has 0 bridgehead atoms. The number of hydrogen-bond donors (Lipinski definition) is 0. The molecule has 0 amide bonds. The third-order valence-electron chi connectivity index (χ3n) is 2.56. The van der Waals surface area contributed by atoms with E-state index in [-0.39, 0.29) is 11.0 Å². The van der Waals surface area contributed by atoms with Crippen LogP contribution in [-0.4, -0.2) is 45.5 Å². The summed E-state index contributed by atoms with van der Waals surface area (Å²) in [6.45, 7) is 1.51. The van der Waals surface area contributed by atoms with E-state index in [1.165, 1.54) is 14.2 Å². The molecule has 4 nitrogen and oxygen atoms in total. The normalized spacial score (nSPS) is 11.7. The lowest BCUT2D eigenvalue weighted by atomic mass is 10.2. The lowest BCUT2D eigenvalue weighted by molar-refractivity contribution is -0.137. The first kappa shape index (κ1) is 17.0. The summed E-state index contributed by atoms with van der Waals surface area (Å²) in [6, 6.07) is 1.77. The van der Waals surface area contributed by atoms with E-state index >= 15 is 0 Å². The van der Waals surface area contributed by atoms with Gasteiger partial charge >= 0.3 is 6.18 Å². The van der Waals surface area contributed by atoms with Gasteiger partial charge in [-0.05, 0) is 12.1 Å². The summed E-state index contributed by atoms with van der Waals surface area (Å²) in [7, 11) is 3.03. The first-order valence-corrected chi connectivity index (χ1v) is 6.24. The van der Waals surface area contributed by atoms with Crippen molar-refractivity contribution >= 4 is 17.4 Å². The van der Waals surface area contributed by atoms with E-state index < -0.39 is 11.7 Å². The van der Waals surface area contributed by atoms with Crippen LogP contribution in [0.4, 0.5) is 19.0 Å². The van der Waals surface area contributed by atoms with Crippen molar-refractivity contribution in [3.63, 3.8) is 0 Å². The number of nitrogens with zero attached hydrogens (tertiary/aromatic N) is 2. The fourth-order valence-corrected chi connectivity index (χ4v) is 1.76. The molecule has 0 saturated carbocycles. The molecule has 8 heteroatoms. The number of aromatic nitrogens is 1. The smallest absolute Gasteiger partial charge is 0.383 e. The largest absolute Gasteiger partial charge is 0.416 e. The molecule has 1 rings (SSSR count). The van der Waals surface area contributed by atoms with E-state index in [1.54, 1.807) is 4.90 Å². The molecule has 20 heavy (non-hydrogen) atoms. The van der Waals surface area contributed by atoms with Gasteiger partial charge in [-0.25, -0.2) is 4.98 Å². The predicted molar refractivity (Wildman–Crippen MR) is 70.2 cm³/mol. The Morgan fingerprint density at radius 2 is 1.70 bits per heavy atom. The highest BCUT2D eigenvalue weighted by atomic mass is 35.5. The summed E-state index contributed by atoms with van der Waals surface area (Å²) in [4.78, 5) is 5.57. The molecule has 1 aromatic rings. The minimum atomic E-state index is -4.46. The second kappa shape index (κ2) is 7.66. The number of pyridine rings is 1. The van der Waals surface area contributed by atoms with Gasteiger partial charge in [0, 0.05) is 27.3 Å². The average molecular weight is 313 g/mol. The first-order chi connectivity index (χ1) is 9.38. The molecule has 0 atom stereocenters. The van der Waals surface area contributed by atoms with Gasteiger partial charge in [0.1, 0.15) is 11.0 Å². The highest BCUT2D eigenvalue weighted by molar-refractivity contribution is 6.29. The zero-order valence-corrected chi connectivity index (χ0v) is 12.0. The van der Waals surface area contributed by atoms with Crippen LogP contribution in [-0.2, 0) is 15.7 Å². The molecular formula is C12H16ClF3N2O2. The van der Waals surface area contributed by atoms with Crippen LogP contribution in [0.25, 0.3) is 0 Å². The van der Waals surface area contributed by atoms with Crippen LogP contribution in [0.15, 0.2) is 12.1 Å². The van der Waals surface area contributed by atoms with E-state index in [4.69, 9.17) is 21.1 Å². The summed E-state index contributed by atoms with van der Waals surface area (Å²) >= 11 is 5.67. The summed E-state index contributed by atoms with van der Waals surface area (Å²) < 4.78 is 48.2. The highest BCUT2D eigenvalue weighted by Crippen LogP contribution is 2.32. The number of halogens is 4. The monoisotopic (exact) mass is 312 g/mol. The lowest BCUT2D eigenvalue weighted by Gasteiger charge is -2.24. The molecule has 1 aromatic heterocycles. The van der Waals surface area contributed by atoms with E-state index in [1.807, 2.05) is 0 Å². The molecule has 0 radical (unpaired) electrons. The lowest BCUT2D eigenvalue weighted by Crippen LogP contribution is -2.31. The molecule has 0 aromatic carbocycles. The third-order valence-corrected chi connectivity index (χ3v) is 2.76. The van der Waals surface area contributed by atoms with Crippen LogP contribution in [0, 0.1) is 0 Å². The summed E-state index contributed by atoms with van der Waals surface area (Å²) in [5, 5.41) is -0.199. The van der Waals surface area contributed by atoms with Crippen LogP contribution in [0.2, 0.25) is 5.15 Å². The van der Waals surface area contributed by atoms with Gasteiger partial charge in [0.05, 0.1) is 18.8 Å². The second-order valence-corrected chi connectivity index (χ2v) is 4.39. The molecule has 0 aliphatic heterocycles. The zero-order chi connectivity index (χ0) is 15.2. The number of hydrogen-bond acceptors (Lipinski definition) is 4. The van der Waals surface area contributed by atoms with Crippen molar-refractivity contribution in [3.05, 3.63) is 22.8 Å². The van der Waals surface area contributed by atoms with Crippen molar-refractivity contribution in [2.45, 2.75) is 6.18 Å². The van der Waals surface area contributed by atoms with Crippen LogP contribution >= 0.6 is 11.6 Å². The van der Waals surface area contributed by atoms with Gasteiger partial charge < -0.3 is 14.4 Å². The Kier molecular flexibility index (Phi) is 6.51. The maximum Gasteiger partial charge on any atom is 0.416 e. The van der Waals surface area contributed by atoms with E-state index in [0.29, 0.717) is 26.3 Å². The van der Waals surface area contributed by atoms with Crippen LogP contribution in [0.3, 0.4) is 0 Å². The maximum atomic E-state index is 12.8. The molecular weight excluding hydrogens is 297 g/mol. The third kappa shape index (κ3) is 5.15. The van der Waals surface area contributed by atoms with E-state index in [0.717, 1.165) is 12.1 Å². The van der Waals surface area contributed by atoms with Gasteiger partial charge in [0.25, 0.3) is 0 Å². The Bertz CT molecular complexity index is 422. The first-order valence-electron chi connectivity index (χ1n) is 5.86. The number of anilines is 1. The molecule has 114 valence electrons. The minimum absolute atomic E-state index is 0.152. The van der Waals surface area contributed by atoms with Crippen molar-refractivity contribution in [3.8, 4) is 0 Å². The van der Waals surface area contributed by atoms with Crippen molar-refractivity contribution in [2.24, 2.45) is 0 Å². The predicted octanol–water partition coefficient (Wildman–Crippen LogP) is 2.85. The van der Waals surface area contributed by atoms with Gasteiger partial charge in [-0.3, -0.25) is 0 Å². The average Bonchev–Trinajstić information content (AvgIpc) is 2.37. The minimum Gasteiger partial charge on any atom is -0.383 e. The molecule has 0 fully saturated rings. The van der Waals surface area contributed by atoms with Crippen molar-refractivity contribution in [1.82, 2.24) is 4.98 Å². The summed E-state index contributed by atoms with van der Waals surface area (Å²) in [5.74, 6) is 0.152. The molecule has 0 N–H and O–H groups in total. The van der Waals surface area contributed by atoms with Crippen LogP contribution < -0.4 is 4.90 Å². The fourth-order valence-electron chi connectivity index (χ4n) is 1.55. The Balaban J connectivity index is 3.02. The van der Waals surface area contributed by atoms with Gasteiger partial charge in [-0.1, -0.05) is 11.6 Å². The van der Waals surface area contributed by atoms with Gasteiger partial charge in [0.2, 0.25) is 0 Å². The Morgan fingerprint density at radius 3 is 2.15 bits per heavy atom. The molecule has 0 aliphatic rings. The quantitative estimate of drug-likeness (QED) is 0.725. The highest BCUT2D eigenvalue weighted by Gasteiger charge is 2.32. The van der Waals surface area contributed by atoms with E-state index in [2.05, 4.69) is 4.98 Å². The zero-order valence-electron chi connectivity index (χ0n) is 11.2. The van der Waals surface area contributed by atoms with Gasteiger partial charge in [-0.2, -0.15) is 13.2 Å². The fraction of sp³-hybridized carbons (Fsp3) is 0.583. The van der Waals surface area contributed by atoms with E-state index in [9.17, 15) is 13.2 Å². The number of alkyl halides is 3. The Morgan fingerprint density at radius 1 is 1.15 bits per heavy atom. The Hall–Kier alpha value is -1.05. The molecule has 0 spiro atoms. The summed E-state index contributed by atoms with van der Waals surface area (Å²) in [6.07, 6.45) is -4.46. The molecule has 1 heterocycles. The Labute approximate surface area is 120 Å². The number of rotatable bonds is 7. The molecule has 0 unspecified atom stereocenters. The SMILES string of the molecule is COCCN(CCOC)c1cc(C(F)(F)F)cc(Cl)n1. The van der Waals surface area contributed by atoms with Gasteiger partial charge in [0.15, 0.2) is 0 Å². The van der Waals surface area contributed by atoms with Crippen LogP contribution in [0.5, 0.6) is 0 Å². The van der Waals surface area contributed by atoms with Crippen molar-refractivity contribution in [1.29, 1.82) is 0 Å². The van der Waals surface area contributed by atoms with Crippen LogP contribution in [0.1, 0.15) is 5.56 Å². The molecule has 0 aliphatic carbocycles. The van der Waals surface area contributed by atoms with Crippen molar-refractivity contribution < 1.29 is 22.6 Å². The number of ether oxygens (including phenoxy) is 2. The topological polar surface area (TPSA) is 34.6 Å². The second-order valence-electron chi connectivity index (χ2n) is 4.01. The standard InChI is InChI=1S/C12H16ClF3N2O2/c1-19-5-3-18(4-6-20-2)11-8-9(12(14,15)16)7-10(13)17-11/h7-8H,3-6H2,1-2H3. The maximum absolute atomic E-state index is 12.8. The molecule has 0 saturated heterocycles. The van der Waals surface area contributed by atoms with Crippen molar-refractivity contribution in [2.75, 3.05) is 45.4 Å². The van der Waals surface area contributed by atoms with Gasteiger partial charge in [-0.15, -0.1) is 0 Å². The summed E-state index contributed by atoms with van der Waals surface area (Å²) in [5.41, 5.74) is -0.827. The number of methoxy groups -OCH3 is 2.